The van der Waals surface area contributed by atoms with Gasteiger partial charge in [-0.3, -0.25) is 0 Å². The van der Waals surface area contributed by atoms with E-state index in [1.54, 1.807) is 20.8 Å². The molecule has 1 N–H and O–H groups in total. The first-order chi connectivity index (χ1) is 10.1. The number of benzene rings is 1. The third-order valence-electron chi connectivity index (χ3n) is 2.47. The zero-order valence-electron chi connectivity index (χ0n) is 12.7. The molecule has 0 saturated carbocycles. The lowest BCUT2D eigenvalue weighted by Crippen LogP contribution is -2.39. The van der Waals surface area contributed by atoms with Crippen LogP contribution in [0.4, 0.5) is 4.79 Å². The van der Waals surface area contributed by atoms with Crippen molar-refractivity contribution in [3.05, 3.63) is 47.4 Å². The highest BCUT2D eigenvalue weighted by atomic mass is 35.7. The van der Waals surface area contributed by atoms with Crippen molar-refractivity contribution >= 4 is 25.8 Å². The molecule has 0 heterocycles. The van der Waals surface area contributed by atoms with E-state index in [1.165, 1.54) is 6.08 Å². The quantitative estimate of drug-likeness (QED) is 0.832. The number of carbonyl (C=O) groups excluding carboxylic acids is 1. The number of hydrogen-bond acceptors (Lipinski definition) is 4. The molecular weight excluding hydrogens is 326 g/mol. The van der Waals surface area contributed by atoms with Crippen molar-refractivity contribution in [2.75, 3.05) is 0 Å². The van der Waals surface area contributed by atoms with Gasteiger partial charge in [-0.2, -0.15) is 0 Å². The fourth-order valence-corrected chi connectivity index (χ4v) is 2.24. The van der Waals surface area contributed by atoms with E-state index >= 15 is 0 Å². The zero-order valence-corrected chi connectivity index (χ0v) is 14.3. The Morgan fingerprint density at radius 2 is 1.91 bits per heavy atom. The molecule has 1 aromatic carbocycles. The molecule has 1 atom stereocenters. The van der Waals surface area contributed by atoms with E-state index in [9.17, 15) is 13.2 Å². The maximum Gasteiger partial charge on any atom is 0.408 e. The first kappa shape index (κ1) is 18.5. The van der Waals surface area contributed by atoms with Gasteiger partial charge in [0.15, 0.2) is 0 Å². The average Bonchev–Trinajstić information content (AvgIpc) is 2.34. The molecule has 1 unspecified atom stereocenters. The van der Waals surface area contributed by atoms with Crippen LogP contribution in [0.5, 0.6) is 0 Å². The fourth-order valence-electron chi connectivity index (χ4n) is 1.68. The molecular formula is C15H20ClNO4S. The summed E-state index contributed by atoms with van der Waals surface area (Å²) in [6.07, 6.45) is 1.13. The third-order valence-corrected chi connectivity index (χ3v) is 3.26. The summed E-state index contributed by atoms with van der Waals surface area (Å²) in [6.45, 7) is 5.24. The molecule has 0 spiro atoms. The number of ether oxygens (including phenoxy) is 1. The topological polar surface area (TPSA) is 72.5 Å². The number of amides is 1. The highest BCUT2D eigenvalue weighted by molar-refractivity contribution is 8.16. The standard InChI is InChI=1S/C15H20ClNO4S/c1-15(2,3)21-14(18)17-13(9-10-22(16,19)20)11-12-7-5-4-6-8-12/h4-10,13H,11H2,1-3H3,(H,17,18)/b10-9+. The maximum atomic E-state index is 11.8. The third kappa shape index (κ3) is 8.69. The summed E-state index contributed by atoms with van der Waals surface area (Å²) in [4.78, 5) is 11.8. The molecule has 0 aromatic heterocycles. The lowest BCUT2D eigenvalue weighted by atomic mass is 10.1. The fraction of sp³-hybridized carbons (Fsp3) is 0.400. The van der Waals surface area contributed by atoms with Gasteiger partial charge in [0.1, 0.15) is 5.60 Å². The molecule has 0 aliphatic rings. The minimum Gasteiger partial charge on any atom is -0.444 e. The Kier molecular flexibility index (Phi) is 6.44. The van der Waals surface area contributed by atoms with E-state index in [0.717, 1.165) is 11.0 Å². The van der Waals surface area contributed by atoms with Crippen LogP contribution >= 0.6 is 10.7 Å². The van der Waals surface area contributed by atoms with Crippen LogP contribution in [0, 0.1) is 0 Å². The smallest absolute Gasteiger partial charge is 0.408 e. The molecule has 0 saturated heterocycles. The number of carbonyl (C=O) groups is 1. The largest absolute Gasteiger partial charge is 0.444 e. The predicted octanol–water partition coefficient (Wildman–Crippen LogP) is 3.20. The number of alkyl carbamates (subject to hydrolysis) is 1. The van der Waals surface area contributed by atoms with E-state index in [4.69, 9.17) is 15.4 Å². The van der Waals surface area contributed by atoms with Gasteiger partial charge in [0.05, 0.1) is 6.04 Å². The van der Waals surface area contributed by atoms with E-state index in [1.807, 2.05) is 30.3 Å². The highest BCUT2D eigenvalue weighted by Crippen LogP contribution is 2.10. The molecule has 0 radical (unpaired) electrons. The Bertz CT molecular complexity index is 621. The summed E-state index contributed by atoms with van der Waals surface area (Å²) in [5.74, 6) is 0. The van der Waals surface area contributed by atoms with Crippen LogP contribution in [-0.2, 0) is 20.2 Å². The molecule has 7 heteroatoms. The molecule has 22 heavy (non-hydrogen) atoms. The second-order valence-electron chi connectivity index (χ2n) is 5.75. The van der Waals surface area contributed by atoms with Crippen LogP contribution < -0.4 is 5.32 Å². The monoisotopic (exact) mass is 345 g/mol. The molecule has 1 amide bonds. The van der Waals surface area contributed by atoms with Gasteiger partial charge < -0.3 is 10.1 Å². The Morgan fingerprint density at radius 3 is 2.41 bits per heavy atom. The Hall–Kier alpha value is -1.53. The molecule has 1 aromatic rings. The Morgan fingerprint density at radius 1 is 1.32 bits per heavy atom. The average molecular weight is 346 g/mol. The van der Waals surface area contributed by atoms with Crippen molar-refractivity contribution < 1.29 is 17.9 Å². The molecule has 0 bridgehead atoms. The van der Waals surface area contributed by atoms with E-state index < -0.39 is 26.8 Å². The number of halogens is 1. The second kappa shape index (κ2) is 7.65. The summed E-state index contributed by atoms with van der Waals surface area (Å²) < 4.78 is 27.2. The molecule has 0 aliphatic heterocycles. The normalized spacial score (nSPS) is 13.8. The first-order valence-electron chi connectivity index (χ1n) is 6.71. The lowest BCUT2D eigenvalue weighted by Gasteiger charge is -2.22. The van der Waals surface area contributed by atoms with Crippen molar-refractivity contribution in [2.24, 2.45) is 0 Å². The van der Waals surface area contributed by atoms with Crippen molar-refractivity contribution in [1.29, 1.82) is 0 Å². The SMILES string of the molecule is CC(C)(C)OC(=O)NC(/C=C/S(=O)(=O)Cl)Cc1ccccc1. The van der Waals surface area contributed by atoms with Crippen molar-refractivity contribution in [3.63, 3.8) is 0 Å². The summed E-state index contributed by atoms with van der Waals surface area (Å²) in [6, 6.07) is 8.81. The minimum absolute atomic E-state index is 0.420. The summed E-state index contributed by atoms with van der Waals surface area (Å²) >= 11 is 0. The number of hydrogen-bond donors (Lipinski definition) is 1. The lowest BCUT2D eigenvalue weighted by molar-refractivity contribution is 0.0514. The van der Waals surface area contributed by atoms with Gasteiger partial charge in [-0.1, -0.05) is 30.3 Å². The predicted molar refractivity (Wildman–Crippen MR) is 87.2 cm³/mol. The van der Waals surface area contributed by atoms with Crippen LogP contribution in [0.15, 0.2) is 41.8 Å². The minimum atomic E-state index is -3.78. The van der Waals surface area contributed by atoms with E-state index in [0.29, 0.717) is 6.42 Å². The molecule has 122 valence electrons. The Balaban J connectivity index is 2.82. The maximum absolute atomic E-state index is 11.8. The Labute approximate surface area is 135 Å². The van der Waals surface area contributed by atoms with Crippen molar-refractivity contribution in [3.8, 4) is 0 Å². The number of rotatable bonds is 5. The molecule has 0 aliphatic carbocycles. The van der Waals surface area contributed by atoms with Crippen molar-refractivity contribution in [2.45, 2.75) is 38.8 Å². The van der Waals surface area contributed by atoms with Gasteiger partial charge in [0, 0.05) is 16.1 Å². The summed E-state index contributed by atoms with van der Waals surface area (Å²) in [5, 5.41) is 3.48. The molecule has 0 fully saturated rings. The molecule has 1 rings (SSSR count). The second-order valence-corrected chi connectivity index (χ2v) is 8.26. The van der Waals surface area contributed by atoms with Crippen LogP contribution in [0.2, 0.25) is 0 Å². The van der Waals surface area contributed by atoms with Gasteiger partial charge in [-0.25, -0.2) is 13.2 Å². The van der Waals surface area contributed by atoms with Gasteiger partial charge in [0.25, 0.3) is 9.05 Å². The van der Waals surface area contributed by atoms with Gasteiger partial charge in [0.2, 0.25) is 0 Å². The first-order valence-corrected chi connectivity index (χ1v) is 9.09. The van der Waals surface area contributed by atoms with Crippen LogP contribution in [0.3, 0.4) is 0 Å². The zero-order chi connectivity index (χ0) is 16.8. The molecule has 5 nitrogen and oxygen atoms in total. The van der Waals surface area contributed by atoms with E-state index in [2.05, 4.69) is 5.32 Å². The highest BCUT2D eigenvalue weighted by Gasteiger charge is 2.19. The van der Waals surface area contributed by atoms with Crippen LogP contribution in [0.25, 0.3) is 0 Å². The van der Waals surface area contributed by atoms with Crippen LogP contribution in [-0.4, -0.2) is 26.2 Å². The summed E-state index contributed by atoms with van der Waals surface area (Å²) in [7, 11) is 1.38. The van der Waals surface area contributed by atoms with Gasteiger partial charge in [-0.05, 0) is 38.8 Å². The van der Waals surface area contributed by atoms with Gasteiger partial charge in [-0.15, -0.1) is 0 Å². The van der Waals surface area contributed by atoms with Crippen LogP contribution in [0.1, 0.15) is 26.3 Å². The summed E-state index contributed by atoms with van der Waals surface area (Å²) in [5.41, 5.74) is 0.309. The van der Waals surface area contributed by atoms with Gasteiger partial charge >= 0.3 is 6.09 Å². The number of nitrogens with one attached hydrogen (secondary N) is 1. The van der Waals surface area contributed by atoms with E-state index in [-0.39, 0.29) is 0 Å². The van der Waals surface area contributed by atoms with Crippen molar-refractivity contribution in [1.82, 2.24) is 5.32 Å².